The average molecular weight is 367 g/mol. The summed E-state index contributed by atoms with van der Waals surface area (Å²) in [6, 6.07) is 17.4. The second kappa shape index (κ2) is 8.35. The molecule has 0 aliphatic carbocycles. The number of benzene rings is 2. The highest BCUT2D eigenvalue weighted by atomic mass is 16.6. The molecule has 0 spiro atoms. The Morgan fingerprint density at radius 2 is 1.59 bits per heavy atom. The smallest absolute Gasteiger partial charge is 0.348 e. The molecule has 1 atom stereocenters. The second-order valence-electron chi connectivity index (χ2n) is 6.95. The van der Waals surface area contributed by atoms with Gasteiger partial charge in [-0.15, -0.1) is 0 Å². The van der Waals surface area contributed by atoms with Gasteiger partial charge < -0.3 is 14.7 Å². The van der Waals surface area contributed by atoms with Crippen LogP contribution in [0.2, 0.25) is 0 Å². The van der Waals surface area contributed by atoms with Crippen LogP contribution in [0.5, 0.6) is 0 Å². The number of esters is 1. The Morgan fingerprint density at radius 1 is 1.04 bits per heavy atom. The van der Waals surface area contributed by atoms with Crippen LogP contribution in [0.3, 0.4) is 0 Å². The van der Waals surface area contributed by atoms with Gasteiger partial charge in [0, 0.05) is 12.6 Å². The third-order valence-corrected chi connectivity index (χ3v) is 5.13. The van der Waals surface area contributed by atoms with Crippen molar-refractivity contribution in [3.8, 4) is 0 Å². The van der Waals surface area contributed by atoms with Crippen molar-refractivity contribution in [2.75, 3.05) is 13.2 Å². The SMILES string of the molecule is C[C@H]1CCCCN1C(=O)COC(=O)C(O)(c1ccccc1)c1ccccc1. The van der Waals surface area contributed by atoms with Gasteiger partial charge in [0.15, 0.2) is 6.61 Å². The van der Waals surface area contributed by atoms with Gasteiger partial charge in [-0.05, 0) is 37.3 Å². The van der Waals surface area contributed by atoms with Crippen LogP contribution in [-0.2, 0) is 19.9 Å². The van der Waals surface area contributed by atoms with Crippen molar-refractivity contribution in [2.45, 2.75) is 37.8 Å². The molecule has 2 aromatic rings. The molecule has 142 valence electrons. The largest absolute Gasteiger partial charge is 0.453 e. The number of hydrogen-bond donors (Lipinski definition) is 1. The Morgan fingerprint density at radius 3 is 2.11 bits per heavy atom. The Hall–Kier alpha value is -2.66. The van der Waals surface area contributed by atoms with E-state index in [1.54, 1.807) is 53.4 Å². The molecule has 0 aromatic heterocycles. The predicted octanol–water partition coefficient (Wildman–Crippen LogP) is 2.87. The topological polar surface area (TPSA) is 66.8 Å². The lowest BCUT2D eigenvalue weighted by Gasteiger charge is -2.33. The maximum Gasteiger partial charge on any atom is 0.348 e. The Bertz CT molecular complexity index is 736. The number of ether oxygens (including phenoxy) is 1. The molecule has 5 heteroatoms. The second-order valence-corrected chi connectivity index (χ2v) is 6.95. The van der Waals surface area contributed by atoms with E-state index in [1.165, 1.54) is 0 Å². The van der Waals surface area contributed by atoms with Gasteiger partial charge in [0.1, 0.15) is 0 Å². The van der Waals surface area contributed by atoms with Crippen LogP contribution in [0, 0.1) is 0 Å². The molecule has 1 saturated heterocycles. The quantitative estimate of drug-likeness (QED) is 0.825. The number of rotatable bonds is 5. The Kier molecular flexibility index (Phi) is 5.91. The molecular weight excluding hydrogens is 342 g/mol. The lowest BCUT2D eigenvalue weighted by atomic mass is 9.86. The summed E-state index contributed by atoms with van der Waals surface area (Å²) in [5.41, 5.74) is -1.16. The molecule has 3 rings (SSSR count). The van der Waals surface area contributed by atoms with Crippen molar-refractivity contribution in [2.24, 2.45) is 0 Å². The lowest BCUT2D eigenvalue weighted by molar-refractivity contribution is -0.167. The number of carbonyl (C=O) groups is 2. The maximum absolute atomic E-state index is 12.9. The molecular formula is C22H25NO4. The third kappa shape index (κ3) is 4.03. The number of hydrogen-bond acceptors (Lipinski definition) is 4. The van der Waals surface area contributed by atoms with Gasteiger partial charge >= 0.3 is 5.97 Å². The molecule has 0 unspecified atom stereocenters. The Labute approximate surface area is 159 Å². The van der Waals surface area contributed by atoms with E-state index in [0.29, 0.717) is 17.7 Å². The molecule has 1 heterocycles. The normalized spacial score (nSPS) is 17.4. The van der Waals surface area contributed by atoms with E-state index >= 15 is 0 Å². The van der Waals surface area contributed by atoms with Gasteiger partial charge in [0.2, 0.25) is 5.60 Å². The van der Waals surface area contributed by atoms with Crippen LogP contribution in [0.15, 0.2) is 60.7 Å². The van der Waals surface area contributed by atoms with Crippen LogP contribution >= 0.6 is 0 Å². The van der Waals surface area contributed by atoms with Gasteiger partial charge in [-0.25, -0.2) is 4.79 Å². The maximum atomic E-state index is 12.9. The number of likely N-dealkylation sites (tertiary alicyclic amines) is 1. The fourth-order valence-electron chi connectivity index (χ4n) is 3.54. The summed E-state index contributed by atoms with van der Waals surface area (Å²) in [6.45, 7) is 2.31. The van der Waals surface area contributed by atoms with Gasteiger partial charge in [-0.3, -0.25) is 4.79 Å². The summed E-state index contributed by atoms with van der Waals surface area (Å²) in [7, 11) is 0. The van der Waals surface area contributed by atoms with E-state index < -0.39 is 11.6 Å². The van der Waals surface area contributed by atoms with E-state index in [-0.39, 0.29) is 18.6 Å². The molecule has 27 heavy (non-hydrogen) atoms. The summed E-state index contributed by atoms with van der Waals surface area (Å²) in [5, 5.41) is 11.3. The first-order chi connectivity index (χ1) is 13.0. The van der Waals surface area contributed by atoms with Crippen molar-refractivity contribution in [3.63, 3.8) is 0 Å². The molecule has 0 radical (unpaired) electrons. The third-order valence-electron chi connectivity index (χ3n) is 5.13. The molecule has 1 amide bonds. The van der Waals surface area contributed by atoms with E-state index in [1.807, 2.05) is 19.1 Å². The number of aliphatic hydroxyl groups is 1. The van der Waals surface area contributed by atoms with E-state index in [2.05, 4.69) is 0 Å². The average Bonchev–Trinajstić information content (AvgIpc) is 2.72. The zero-order valence-electron chi connectivity index (χ0n) is 15.5. The van der Waals surface area contributed by atoms with Crippen molar-refractivity contribution >= 4 is 11.9 Å². The van der Waals surface area contributed by atoms with Gasteiger partial charge in [-0.2, -0.15) is 0 Å². The van der Waals surface area contributed by atoms with Crippen molar-refractivity contribution in [3.05, 3.63) is 71.8 Å². The summed E-state index contributed by atoms with van der Waals surface area (Å²) in [5.74, 6) is -1.07. The van der Waals surface area contributed by atoms with E-state index in [9.17, 15) is 14.7 Å². The molecule has 5 nitrogen and oxygen atoms in total. The summed E-state index contributed by atoms with van der Waals surface area (Å²) < 4.78 is 5.30. The minimum absolute atomic E-state index is 0.145. The number of piperidine rings is 1. The lowest BCUT2D eigenvalue weighted by Crippen LogP contribution is -2.45. The first kappa shape index (κ1) is 19.1. The molecule has 1 aliphatic rings. The number of carbonyl (C=O) groups excluding carboxylic acids is 2. The fourth-order valence-corrected chi connectivity index (χ4v) is 3.54. The van der Waals surface area contributed by atoms with E-state index in [0.717, 1.165) is 19.3 Å². The zero-order chi connectivity index (χ0) is 19.3. The highest BCUT2D eigenvalue weighted by molar-refractivity contribution is 5.88. The highest BCUT2D eigenvalue weighted by Gasteiger charge is 2.42. The molecule has 1 N–H and O–H groups in total. The van der Waals surface area contributed by atoms with Gasteiger partial charge in [-0.1, -0.05) is 60.7 Å². The number of amides is 1. The number of nitrogens with zero attached hydrogens (tertiary/aromatic N) is 1. The standard InChI is InChI=1S/C22H25NO4/c1-17-10-8-9-15-23(17)20(24)16-27-21(25)22(26,18-11-4-2-5-12-18)19-13-6-3-7-14-19/h2-7,11-14,17,26H,8-10,15-16H2,1H3/t17-/m0/s1. The minimum atomic E-state index is -1.96. The van der Waals surface area contributed by atoms with Crippen molar-refractivity contribution < 1.29 is 19.4 Å². The first-order valence-corrected chi connectivity index (χ1v) is 9.33. The Balaban J connectivity index is 1.79. The molecule has 0 saturated carbocycles. The fraction of sp³-hybridized carbons (Fsp3) is 0.364. The first-order valence-electron chi connectivity index (χ1n) is 9.33. The molecule has 1 aliphatic heterocycles. The molecule has 2 aromatic carbocycles. The molecule has 1 fully saturated rings. The predicted molar refractivity (Wildman–Crippen MR) is 102 cm³/mol. The summed E-state index contributed by atoms with van der Waals surface area (Å²) >= 11 is 0. The highest BCUT2D eigenvalue weighted by Crippen LogP contribution is 2.31. The van der Waals surface area contributed by atoms with Crippen molar-refractivity contribution in [1.29, 1.82) is 0 Å². The van der Waals surface area contributed by atoms with Crippen LogP contribution < -0.4 is 0 Å². The zero-order valence-corrected chi connectivity index (χ0v) is 15.5. The van der Waals surface area contributed by atoms with Crippen LogP contribution in [0.1, 0.15) is 37.3 Å². The van der Waals surface area contributed by atoms with Crippen molar-refractivity contribution in [1.82, 2.24) is 4.90 Å². The van der Waals surface area contributed by atoms with Crippen LogP contribution in [0.4, 0.5) is 0 Å². The summed E-state index contributed by atoms with van der Waals surface area (Å²) in [4.78, 5) is 27.1. The minimum Gasteiger partial charge on any atom is -0.453 e. The van der Waals surface area contributed by atoms with Crippen LogP contribution in [0.25, 0.3) is 0 Å². The van der Waals surface area contributed by atoms with Crippen LogP contribution in [-0.4, -0.2) is 41.1 Å². The monoisotopic (exact) mass is 367 g/mol. The molecule has 0 bridgehead atoms. The van der Waals surface area contributed by atoms with Gasteiger partial charge in [0.05, 0.1) is 0 Å². The van der Waals surface area contributed by atoms with Gasteiger partial charge in [0.25, 0.3) is 5.91 Å². The summed E-state index contributed by atoms with van der Waals surface area (Å²) in [6.07, 6.45) is 3.02. The van der Waals surface area contributed by atoms with E-state index in [4.69, 9.17) is 4.74 Å².